The van der Waals surface area contributed by atoms with E-state index >= 15 is 0 Å². The molecule has 0 spiro atoms. The van der Waals surface area contributed by atoms with E-state index in [1.54, 1.807) is 18.7 Å². The summed E-state index contributed by atoms with van der Waals surface area (Å²) in [6.07, 6.45) is 0. The van der Waals surface area contributed by atoms with Crippen molar-refractivity contribution < 1.29 is 9.59 Å². The summed E-state index contributed by atoms with van der Waals surface area (Å²) in [6.45, 7) is 8.86. The van der Waals surface area contributed by atoms with Crippen molar-refractivity contribution in [1.29, 1.82) is 0 Å². The van der Waals surface area contributed by atoms with Crippen LogP contribution in [0.3, 0.4) is 0 Å². The van der Waals surface area contributed by atoms with E-state index in [1.807, 2.05) is 0 Å². The molecule has 1 fully saturated rings. The van der Waals surface area contributed by atoms with Crippen molar-refractivity contribution >= 4 is 23.3 Å². The van der Waals surface area contributed by atoms with Crippen molar-refractivity contribution in [2.24, 2.45) is 11.8 Å². The third-order valence-corrected chi connectivity index (χ3v) is 4.67. The van der Waals surface area contributed by atoms with E-state index in [4.69, 9.17) is 0 Å². The Morgan fingerprint density at radius 2 is 2.10 bits per heavy atom. The Morgan fingerprint density at radius 1 is 1.40 bits per heavy atom. The van der Waals surface area contributed by atoms with Crippen molar-refractivity contribution in [2.75, 3.05) is 13.1 Å². The Balaban J connectivity index is 2.09. The number of nitrogens with one attached hydrogen (secondary N) is 1. The molecular formula is C13H20N4O2S. The summed E-state index contributed by atoms with van der Waals surface area (Å²) >= 11 is 1.10. The molecule has 0 unspecified atom stereocenters. The van der Waals surface area contributed by atoms with Crippen LogP contribution in [0.15, 0.2) is 0 Å². The largest absolute Gasteiger partial charge is 0.346 e. The summed E-state index contributed by atoms with van der Waals surface area (Å²) in [5.74, 6) is 0.607. The van der Waals surface area contributed by atoms with Gasteiger partial charge in [0.1, 0.15) is 4.88 Å². The summed E-state index contributed by atoms with van der Waals surface area (Å²) < 4.78 is 3.78. The van der Waals surface area contributed by atoms with E-state index in [1.165, 1.54) is 0 Å². The Labute approximate surface area is 122 Å². The highest BCUT2D eigenvalue weighted by Crippen LogP contribution is 2.25. The molecule has 0 aromatic carbocycles. The lowest BCUT2D eigenvalue weighted by Gasteiger charge is -2.22. The molecule has 2 heterocycles. The predicted octanol–water partition coefficient (Wildman–Crippen LogP) is 1.08. The van der Waals surface area contributed by atoms with Crippen LogP contribution in [0.25, 0.3) is 0 Å². The number of nitrogens with zero attached hydrogens (tertiary/aromatic N) is 3. The van der Waals surface area contributed by atoms with Crippen LogP contribution in [0, 0.1) is 18.8 Å². The second-order valence-electron chi connectivity index (χ2n) is 5.60. The van der Waals surface area contributed by atoms with E-state index < -0.39 is 0 Å². The van der Waals surface area contributed by atoms with Crippen molar-refractivity contribution in [3.8, 4) is 0 Å². The molecule has 1 aromatic heterocycles. The molecule has 20 heavy (non-hydrogen) atoms. The molecule has 1 aliphatic heterocycles. The number of rotatable bonds is 3. The Morgan fingerprint density at radius 3 is 2.60 bits per heavy atom. The van der Waals surface area contributed by atoms with Gasteiger partial charge < -0.3 is 10.2 Å². The van der Waals surface area contributed by atoms with Crippen molar-refractivity contribution in [2.45, 2.75) is 33.7 Å². The van der Waals surface area contributed by atoms with Gasteiger partial charge in [-0.2, -0.15) is 0 Å². The van der Waals surface area contributed by atoms with Gasteiger partial charge in [-0.1, -0.05) is 18.3 Å². The first-order chi connectivity index (χ1) is 9.40. The van der Waals surface area contributed by atoms with E-state index in [0.29, 0.717) is 29.6 Å². The Hall–Kier alpha value is -1.50. The average Bonchev–Trinajstić information content (AvgIpc) is 2.95. The van der Waals surface area contributed by atoms with Crippen molar-refractivity contribution in [3.05, 3.63) is 10.6 Å². The second-order valence-corrected chi connectivity index (χ2v) is 6.35. The van der Waals surface area contributed by atoms with Gasteiger partial charge in [0.2, 0.25) is 5.91 Å². The fourth-order valence-corrected chi connectivity index (χ4v) is 3.15. The third kappa shape index (κ3) is 2.98. The van der Waals surface area contributed by atoms with Crippen LogP contribution in [0.5, 0.6) is 0 Å². The SMILES string of the molecule is CC(=O)N1C[C@@H](NC(=O)c2snnc2C)[C@H](C(C)C)C1. The summed E-state index contributed by atoms with van der Waals surface area (Å²) in [7, 11) is 0. The van der Waals surface area contributed by atoms with Gasteiger partial charge in [0.25, 0.3) is 5.91 Å². The van der Waals surface area contributed by atoms with E-state index in [2.05, 4.69) is 28.8 Å². The molecule has 2 rings (SSSR count). The molecule has 0 saturated carbocycles. The van der Waals surface area contributed by atoms with Gasteiger partial charge in [0, 0.05) is 25.9 Å². The van der Waals surface area contributed by atoms with Crippen molar-refractivity contribution in [3.63, 3.8) is 0 Å². The van der Waals surface area contributed by atoms with Gasteiger partial charge in [-0.3, -0.25) is 9.59 Å². The minimum absolute atomic E-state index is 0.00657. The fourth-order valence-electron chi connectivity index (χ4n) is 2.59. The van der Waals surface area contributed by atoms with Gasteiger partial charge in [-0.05, 0) is 24.4 Å². The molecule has 2 amide bonds. The molecule has 1 aromatic rings. The fraction of sp³-hybridized carbons (Fsp3) is 0.692. The topological polar surface area (TPSA) is 75.2 Å². The smallest absolute Gasteiger partial charge is 0.265 e. The summed E-state index contributed by atoms with van der Waals surface area (Å²) in [5.41, 5.74) is 0.648. The maximum atomic E-state index is 12.2. The van der Waals surface area contributed by atoms with Crippen LogP contribution in [0.1, 0.15) is 36.1 Å². The number of aryl methyl sites for hydroxylation is 1. The molecule has 2 atom stereocenters. The summed E-state index contributed by atoms with van der Waals surface area (Å²) in [4.78, 5) is 26.1. The molecular weight excluding hydrogens is 276 g/mol. The average molecular weight is 296 g/mol. The number of carbonyl (C=O) groups is 2. The third-order valence-electron chi connectivity index (χ3n) is 3.84. The van der Waals surface area contributed by atoms with Gasteiger partial charge >= 0.3 is 0 Å². The highest BCUT2D eigenvalue weighted by Gasteiger charge is 2.37. The zero-order chi connectivity index (χ0) is 14.9. The number of hydrogen-bond acceptors (Lipinski definition) is 5. The highest BCUT2D eigenvalue weighted by molar-refractivity contribution is 7.08. The minimum Gasteiger partial charge on any atom is -0.346 e. The molecule has 6 nitrogen and oxygen atoms in total. The Bertz CT molecular complexity index is 514. The molecule has 110 valence electrons. The lowest BCUT2D eigenvalue weighted by atomic mass is 9.91. The van der Waals surface area contributed by atoms with Crippen LogP contribution >= 0.6 is 11.5 Å². The van der Waals surface area contributed by atoms with Crippen LogP contribution in [0.4, 0.5) is 0 Å². The number of hydrogen-bond donors (Lipinski definition) is 1. The van der Waals surface area contributed by atoms with Gasteiger partial charge in [0.15, 0.2) is 0 Å². The number of carbonyl (C=O) groups excluding carboxylic acids is 2. The van der Waals surface area contributed by atoms with Gasteiger partial charge in [-0.15, -0.1) is 5.10 Å². The normalized spacial score (nSPS) is 22.4. The first kappa shape index (κ1) is 14.9. The standard InChI is InChI=1S/C13H20N4O2S/c1-7(2)10-5-17(9(4)18)6-11(10)14-13(19)12-8(3)15-16-20-12/h7,10-11H,5-6H2,1-4H3,(H,14,19)/t10-,11+/m0/s1. The maximum absolute atomic E-state index is 12.2. The predicted molar refractivity (Wildman–Crippen MR) is 76.5 cm³/mol. The number of amides is 2. The van der Waals surface area contributed by atoms with E-state index in [0.717, 1.165) is 11.5 Å². The summed E-state index contributed by atoms with van der Waals surface area (Å²) in [6, 6.07) is -0.00657. The lowest BCUT2D eigenvalue weighted by Crippen LogP contribution is -2.42. The molecule has 1 aliphatic rings. The molecule has 0 radical (unpaired) electrons. The van der Waals surface area contributed by atoms with Gasteiger partial charge in [-0.25, -0.2) is 0 Å². The van der Waals surface area contributed by atoms with Crippen LogP contribution in [-0.2, 0) is 4.79 Å². The molecule has 0 bridgehead atoms. The highest BCUT2D eigenvalue weighted by atomic mass is 32.1. The van der Waals surface area contributed by atoms with E-state index in [-0.39, 0.29) is 23.8 Å². The van der Waals surface area contributed by atoms with Crippen LogP contribution in [-0.4, -0.2) is 45.4 Å². The quantitative estimate of drug-likeness (QED) is 0.905. The zero-order valence-electron chi connectivity index (χ0n) is 12.2. The molecule has 1 saturated heterocycles. The first-order valence-electron chi connectivity index (χ1n) is 6.75. The molecule has 7 heteroatoms. The van der Waals surface area contributed by atoms with E-state index in [9.17, 15) is 9.59 Å². The summed E-state index contributed by atoms with van der Waals surface area (Å²) in [5, 5.41) is 6.89. The van der Waals surface area contributed by atoms with Crippen LogP contribution in [0.2, 0.25) is 0 Å². The second kappa shape index (κ2) is 5.87. The molecule has 1 N–H and O–H groups in total. The van der Waals surface area contributed by atoms with Crippen molar-refractivity contribution in [1.82, 2.24) is 19.8 Å². The first-order valence-corrected chi connectivity index (χ1v) is 7.52. The zero-order valence-corrected chi connectivity index (χ0v) is 13.0. The monoisotopic (exact) mass is 296 g/mol. The van der Waals surface area contributed by atoms with Gasteiger partial charge in [0.05, 0.1) is 11.7 Å². The van der Waals surface area contributed by atoms with Crippen LogP contribution < -0.4 is 5.32 Å². The maximum Gasteiger partial charge on any atom is 0.265 e. The minimum atomic E-state index is -0.140. The Kier molecular flexibility index (Phi) is 4.37. The number of aromatic nitrogens is 2. The number of likely N-dealkylation sites (tertiary alicyclic amines) is 1. The molecule has 0 aliphatic carbocycles. The lowest BCUT2D eigenvalue weighted by molar-refractivity contribution is -0.128.